The monoisotopic (exact) mass is 453 g/mol. The summed E-state index contributed by atoms with van der Waals surface area (Å²) in [6.45, 7) is 0.311. The van der Waals surface area contributed by atoms with Crippen molar-refractivity contribution in [3.05, 3.63) is 102 Å². The number of pyridine rings is 1. The Morgan fingerprint density at radius 1 is 1.09 bits per heavy atom. The summed E-state index contributed by atoms with van der Waals surface area (Å²) in [5.74, 6) is -0.936. The zero-order chi connectivity index (χ0) is 23.7. The van der Waals surface area contributed by atoms with E-state index in [1.807, 2.05) is 36.5 Å². The third-order valence-corrected chi connectivity index (χ3v) is 6.20. The first-order valence-electron chi connectivity index (χ1n) is 11.0. The van der Waals surface area contributed by atoms with Crippen LogP contribution in [0.1, 0.15) is 22.7 Å². The number of fused-ring (bicyclic) bond motifs is 1. The number of nitrogens with zero attached hydrogens (tertiary/aromatic N) is 2. The molecular formula is C27H23N3O4. The molecule has 7 heteroatoms. The van der Waals surface area contributed by atoms with Crippen LogP contribution in [-0.2, 0) is 16.0 Å². The van der Waals surface area contributed by atoms with Crippen molar-refractivity contribution in [3.63, 3.8) is 0 Å². The number of rotatable bonds is 6. The minimum atomic E-state index is -0.735. The highest BCUT2D eigenvalue weighted by Crippen LogP contribution is 2.39. The fraction of sp³-hybridized carbons (Fsp3) is 0.148. The molecule has 7 nitrogen and oxygen atoms in total. The largest absolute Gasteiger partial charge is 0.507 e. The van der Waals surface area contributed by atoms with E-state index in [0.717, 1.165) is 16.5 Å². The van der Waals surface area contributed by atoms with Crippen molar-refractivity contribution >= 4 is 28.4 Å². The molecule has 0 radical (unpaired) electrons. The molecule has 1 aliphatic rings. The third-order valence-electron chi connectivity index (χ3n) is 6.20. The van der Waals surface area contributed by atoms with Gasteiger partial charge in [0.25, 0.3) is 11.7 Å². The molecule has 1 fully saturated rings. The lowest BCUT2D eigenvalue weighted by molar-refractivity contribution is -0.139. The van der Waals surface area contributed by atoms with Crippen LogP contribution in [0.15, 0.2) is 84.8 Å². The lowest BCUT2D eigenvalue weighted by Gasteiger charge is -2.25. The summed E-state index contributed by atoms with van der Waals surface area (Å²) in [6.07, 6.45) is 5.73. The second kappa shape index (κ2) is 8.86. The van der Waals surface area contributed by atoms with E-state index in [4.69, 9.17) is 4.74 Å². The molecule has 0 bridgehead atoms. The van der Waals surface area contributed by atoms with Gasteiger partial charge in [-0.25, -0.2) is 0 Å². The van der Waals surface area contributed by atoms with Crippen molar-refractivity contribution in [2.45, 2.75) is 12.5 Å². The van der Waals surface area contributed by atoms with Gasteiger partial charge in [-0.05, 0) is 53.9 Å². The molecule has 1 aliphatic heterocycles. The molecule has 170 valence electrons. The maximum Gasteiger partial charge on any atom is 0.295 e. The summed E-state index contributed by atoms with van der Waals surface area (Å²) < 4.78 is 5.18. The molecule has 1 atom stereocenters. The van der Waals surface area contributed by atoms with Gasteiger partial charge in [-0.15, -0.1) is 0 Å². The number of hydrogen-bond donors (Lipinski definition) is 2. The summed E-state index contributed by atoms with van der Waals surface area (Å²) in [5, 5.41) is 12.2. The van der Waals surface area contributed by atoms with Gasteiger partial charge < -0.3 is 19.7 Å². The molecule has 1 unspecified atom stereocenters. The maximum atomic E-state index is 13.2. The number of methoxy groups -OCH3 is 1. The maximum absolute atomic E-state index is 13.2. The van der Waals surface area contributed by atoms with E-state index < -0.39 is 17.7 Å². The summed E-state index contributed by atoms with van der Waals surface area (Å²) in [5.41, 5.74) is 3.22. The number of Topliss-reactive ketones (excluding diaryl/α,β-unsaturated/α-hetero) is 1. The Bertz CT molecular complexity index is 1390. The van der Waals surface area contributed by atoms with Crippen molar-refractivity contribution in [2.75, 3.05) is 13.7 Å². The van der Waals surface area contributed by atoms with Gasteiger partial charge in [0, 0.05) is 41.6 Å². The number of amides is 1. The number of para-hydroxylation sites is 1. The molecule has 0 aliphatic carbocycles. The minimum absolute atomic E-state index is 0.0575. The first-order valence-corrected chi connectivity index (χ1v) is 11.0. The summed E-state index contributed by atoms with van der Waals surface area (Å²) in [7, 11) is 1.55. The summed E-state index contributed by atoms with van der Waals surface area (Å²) in [6, 6.07) is 17.5. The van der Waals surface area contributed by atoms with E-state index in [1.54, 1.807) is 49.8 Å². The van der Waals surface area contributed by atoms with Crippen LogP contribution in [-0.4, -0.2) is 45.3 Å². The Hall–Kier alpha value is -4.39. The number of aromatic nitrogens is 2. The van der Waals surface area contributed by atoms with E-state index in [-0.39, 0.29) is 11.3 Å². The fourth-order valence-electron chi connectivity index (χ4n) is 4.48. The highest BCUT2D eigenvalue weighted by molar-refractivity contribution is 6.46. The average molecular weight is 453 g/mol. The second-order valence-corrected chi connectivity index (χ2v) is 8.12. The van der Waals surface area contributed by atoms with Crippen molar-refractivity contribution in [2.24, 2.45) is 0 Å². The Morgan fingerprint density at radius 2 is 1.88 bits per heavy atom. The number of H-pyrrole nitrogens is 1. The van der Waals surface area contributed by atoms with E-state index in [9.17, 15) is 14.7 Å². The molecule has 0 spiro atoms. The highest BCUT2D eigenvalue weighted by Gasteiger charge is 2.46. The number of carbonyl (C=O) groups excluding carboxylic acids is 2. The van der Waals surface area contributed by atoms with Gasteiger partial charge >= 0.3 is 0 Å². The second-order valence-electron chi connectivity index (χ2n) is 8.12. The molecule has 34 heavy (non-hydrogen) atoms. The lowest BCUT2D eigenvalue weighted by atomic mass is 9.96. The van der Waals surface area contributed by atoms with E-state index in [0.29, 0.717) is 29.8 Å². The van der Waals surface area contributed by atoms with Gasteiger partial charge in [-0.1, -0.05) is 24.3 Å². The average Bonchev–Trinajstić information content (AvgIpc) is 3.41. The van der Waals surface area contributed by atoms with Crippen LogP contribution in [0.5, 0.6) is 5.75 Å². The van der Waals surface area contributed by atoms with Crippen LogP contribution in [0.25, 0.3) is 16.7 Å². The van der Waals surface area contributed by atoms with Crippen LogP contribution in [0.3, 0.4) is 0 Å². The number of aliphatic hydroxyl groups excluding tert-OH is 1. The number of aromatic amines is 1. The number of hydrogen-bond acceptors (Lipinski definition) is 5. The van der Waals surface area contributed by atoms with Gasteiger partial charge in [-0.3, -0.25) is 14.6 Å². The Balaban J connectivity index is 1.54. The minimum Gasteiger partial charge on any atom is -0.507 e. The number of aliphatic hydroxyl groups is 1. The van der Waals surface area contributed by atoms with Gasteiger partial charge in [0.2, 0.25) is 0 Å². The molecule has 2 N–H and O–H groups in total. The quantitative estimate of drug-likeness (QED) is 0.259. The van der Waals surface area contributed by atoms with Crippen molar-refractivity contribution in [3.8, 4) is 5.75 Å². The predicted molar refractivity (Wildman–Crippen MR) is 128 cm³/mol. The zero-order valence-corrected chi connectivity index (χ0v) is 18.6. The number of ether oxygens (including phenoxy) is 1. The van der Waals surface area contributed by atoms with Gasteiger partial charge in [-0.2, -0.15) is 0 Å². The molecular weight excluding hydrogens is 430 g/mol. The predicted octanol–water partition coefficient (Wildman–Crippen LogP) is 4.24. The van der Waals surface area contributed by atoms with Gasteiger partial charge in [0.15, 0.2) is 0 Å². The molecule has 1 amide bonds. The van der Waals surface area contributed by atoms with Crippen LogP contribution in [0, 0.1) is 0 Å². The first kappa shape index (κ1) is 21.5. The van der Waals surface area contributed by atoms with Crippen molar-refractivity contribution in [1.82, 2.24) is 14.9 Å². The molecule has 3 heterocycles. The van der Waals surface area contributed by atoms with Crippen molar-refractivity contribution in [1.29, 1.82) is 0 Å². The van der Waals surface area contributed by atoms with E-state index >= 15 is 0 Å². The molecule has 2 aromatic heterocycles. The molecule has 5 rings (SSSR count). The van der Waals surface area contributed by atoms with Crippen molar-refractivity contribution < 1.29 is 19.4 Å². The molecule has 2 aromatic carbocycles. The highest BCUT2D eigenvalue weighted by atomic mass is 16.5. The van der Waals surface area contributed by atoms with Crippen LogP contribution < -0.4 is 4.74 Å². The Kier molecular flexibility index (Phi) is 5.59. The van der Waals surface area contributed by atoms with Crippen LogP contribution in [0.2, 0.25) is 0 Å². The number of nitrogens with one attached hydrogen (secondary N) is 1. The van der Waals surface area contributed by atoms with E-state index in [1.165, 1.54) is 4.90 Å². The molecule has 1 saturated heterocycles. The van der Waals surface area contributed by atoms with Gasteiger partial charge in [0.05, 0.1) is 18.7 Å². The summed E-state index contributed by atoms with van der Waals surface area (Å²) >= 11 is 0. The summed E-state index contributed by atoms with van der Waals surface area (Å²) in [4.78, 5) is 35.2. The third kappa shape index (κ3) is 3.71. The van der Waals surface area contributed by atoms with Crippen LogP contribution >= 0.6 is 0 Å². The van der Waals surface area contributed by atoms with Crippen LogP contribution in [0.4, 0.5) is 0 Å². The molecule has 4 aromatic rings. The number of likely N-dealkylation sites (tertiary alicyclic amines) is 1. The zero-order valence-electron chi connectivity index (χ0n) is 18.6. The van der Waals surface area contributed by atoms with Gasteiger partial charge in [0.1, 0.15) is 11.5 Å². The lowest BCUT2D eigenvalue weighted by Crippen LogP contribution is -2.31. The standard InChI is InChI=1S/C27H23N3O4/c1-34-20-10-8-17(9-11-20)25(31)23-24(19-5-4-13-28-15-19)30(27(33)26(23)32)14-12-18-16-29-22-7-3-2-6-21(18)22/h2-11,13,15-16,24,29,31H,12,14H2,1H3/b25-23+. The topological polar surface area (TPSA) is 95.5 Å². The fourth-order valence-corrected chi connectivity index (χ4v) is 4.48. The smallest absolute Gasteiger partial charge is 0.295 e. The first-order chi connectivity index (χ1) is 16.6. The normalized spacial score (nSPS) is 17.4. The number of carbonyl (C=O) groups is 2. The Labute approximate surface area is 196 Å². The number of benzene rings is 2. The number of ketones is 1. The SMILES string of the molecule is COc1ccc(/C(O)=C2\C(=O)C(=O)N(CCc3c[nH]c4ccccc34)C2c2cccnc2)cc1. The Morgan fingerprint density at radius 3 is 2.62 bits per heavy atom. The van der Waals surface area contributed by atoms with E-state index in [2.05, 4.69) is 9.97 Å². The molecule has 0 saturated carbocycles.